The van der Waals surface area contributed by atoms with Crippen LogP contribution in [0.5, 0.6) is 0 Å². The maximum absolute atomic E-state index is 5.42. The van der Waals surface area contributed by atoms with Crippen molar-refractivity contribution < 1.29 is 0 Å². The number of para-hydroxylation sites is 2. The van der Waals surface area contributed by atoms with E-state index < -0.39 is 0 Å². The Balaban J connectivity index is 2.68. The third-order valence-electron chi connectivity index (χ3n) is 3.06. The SMILES string of the molecule is CCCC(C)(C)n1c(=S)[nH]c2ccccc21. The fraction of sp³-hybridized carbons (Fsp3) is 0.462. The van der Waals surface area contributed by atoms with E-state index in [0.717, 1.165) is 23.1 Å². The van der Waals surface area contributed by atoms with Crippen molar-refractivity contribution in [1.29, 1.82) is 0 Å². The van der Waals surface area contributed by atoms with Crippen LogP contribution in [0.25, 0.3) is 11.0 Å². The Labute approximate surface area is 101 Å². The van der Waals surface area contributed by atoms with Gasteiger partial charge in [0.1, 0.15) is 0 Å². The first-order chi connectivity index (χ1) is 7.56. The standard InChI is InChI=1S/C13H18N2S/c1-4-9-13(2,3)15-11-8-6-5-7-10(11)14-12(15)16/h5-8H,4,9H2,1-3H3,(H,14,16). The second kappa shape index (κ2) is 4.06. The molecule has 0 radical (unpaired) electrons. The minimum atomic E-state index is 0.0748. The molecule has 1 aromatic carbocycles. The van der Waals surface area contributed by atoms with Crippen LogP contribution < -0.4 is 0 Å². The van der Waals surface area contributed by atoms with Crippen molar-refractivity contribution in [2.24, 2.45) is 0 Å². The number of aromatic amines is 1. The number of nitrogens with zero attached hydrogens (tertiary/aromatic N) is 1. The van der Waals surface area contributed by atoms with Crippen LogP contribution in [0.1, 0.15) is 33.6 Å². The van der Waals surface area contributed by atoms with Gasteiger partial charge in [-0.2, -0.15) is 0 Å². The number of nitrogens with one attached hydrogen (secondary N) is 1. The summed E-state index contributed by atoms with van der Waals surface area (Å²) in [6.45, 7) is 6.69. The Morgan fingerprint density at radius 1 is 1.31 bits per heavy atom. The highest BCUT2D eigenvalue weighted by Crippen LogP contribution is 2.27. The van der Waals surface area contributed by atoms with Crippen LogP contribution in [-0.4, -0.2) is 9.55 Å². The molecule has 2 rings (SSSR count). The molecule has 16 heavy (non-hydrogen) atoms. The summed E-state index contributed by atoms with van der Waals surface area (Å²) < 4.78 is 3.06. The summed E-state index contributed by atoms with van der Waals surface area (Å²) >= 11 is 5.42. The van der Waals surface area contributed by atoms with E-state index >= 15 is 0 Å². The first kappa shape index (κ1) is 11.4. The molecular formula is C13H18N2S. The van der Waals surface area contributed by atoms with Crippen molar-refractivity contribution in [3.8, 4) is 0 Å². The summed E-state index contributed by atoms with van der Waals surface area (Å²) in [6, 6.07) is 8.29. The zero-order valence-corrected chi connectivity index (χ0v) is 10.9. The van der Waals surface area contributed by atoms with Gasteiger partial charge in [-0.05, 0) is 44.6 Å². The average molecular weight is 234 g/mol. The fourth-order valence-corrected chi connectivity index (χ4v) is 2.83. The molecule has 0 unspecified atom stereocenters. The Kier molecular flexibility index (Phi) is 2.89. The highest BCUT2D eigenvalue weighted by Gasteiger charge is 2.21. The number of rotatable bonds is 3. The van der Waals surface area contributed by atoms with E-state index in [1.54, 1.807) is 0 Å². The highest BCUT2D eigenvalue weighted by atomic mass is 32.1. The molecule has 0 atom stereocenters. The summed E-state index contributed by atoms with van der Waals surface area (Å²) in [6.07, 6.45) is 2.29. The molecule has 1 N–H and O–H groups in total. The second-order valence-corrected chi connectivity index (χ2v) is 5.23. The van der Waals surface area contributed by atoms with E-state index in [2.05, 4.69) is 48.5 Å². The van der Waals surface area contributed by atoms with Crippen molar-refractivity contribution in [1.82, 2.24) is 9.55 Å². The summed E-state index contributed by atoms with van der Waals surface area (Å²) in [5.41, 5.74) is 2.40. The van der Waals surface area contributed by atoms with Gasteiger partial charge in [-0.25, -0.2) is 0 Å². The molecule has 0 fully saturated rings. The fourth-order valence-electron chi connectivity index (χ4n) is 2.38. The van der Waals surface area contributed by atoms with Crippen molar-refractivity contribution >= 4 is 23.3 Å². The molecule has 0 saturated carbocycles. The van der Waals surface area contributed by atoms with Gasteiger partial charge in [0.25, 0.3) is 0 Å². The lowest BCUT2D eigenvalue weighted by atomic mass is 9.98. The van der Waals surface area contributed by atoms with Crippen LogP contribution >= 0.6 is 12.2 Å². The molecule has 0 bridgehead atoms. The number of H-pyrrole nitrogens is 1. The maximum Gasteiger partial charge on any atom is 0.178 e. The van der Waals surface area contributed by atoms with Gasteiger partial charge in [-0.15, -0.1) is 0 Å². The molecule has 2 aromatic rings. The third-order valence-corrected chi connectivity index (χ3v) is 3.34. The van der Waals surface area contributed by atoms with Crippen molar-refractivity contribution in [3.05, 3.63) is 29.0 Å². The van der Waals surface area contributed by atoms with E-state index in [-0.39, 0.29) is 5.54 Å². The zero-order valence-electron chi connectivity index (χ0n) is 10.1. The smallest absolute Gasteiger partial charge is 0.178 e. The zero-order chi connectivity index (χ0) is 11.8. The Bertz CT molecular complexity index is 548. The molecule has 2 nitrogen and oxygen atoms in total. The molecule has 0 amide bonds. The predicted octanol–water partition coefficient (Wildman–Crippen LogP) is 4.23. The Morgan fingerprint density at radius 2 is 2.00 bits per heavy atom. The molecular weight excluding hydrogens is 216 g/mol. The normalized spacial score (nSPS) is 12.2. The Morgan fingerprint density at radius 3 is 2.69 bits per heavy atom. The molecule has 1 heterocycles. The lowest BCUT2D eigenvalue weighted by molar-refractivity contribution is 0.330. The number of aromatic nitrogens is 2. The summed E-state index contributed by atoms with van der Waals surface area (Å²) in [5.74, 6) is 0. The van der Waals surface area contributed by atoms with E-state index in [1.165, 1.54) is 5.52 Å². The van der Waals surface area contributed by atoms with Gasteiger partial charge in [0.15, 0.2) is 4.77 Å². The van der Waals surface area contributed by atoms with Gasteiger partial charge in [0, 0.05) is 5.54 Å². The molecule has 0 aliphatic carbocycles. The van der Waals surface area contributed by atoms with E-state index in [9.17, 15) is 0 Å². The number of hydrogen-bond acceptors (Lipinski definition) is 1. The van der Waals surface area contributed by atoms with Gasteiger partial charge >= 0.3 is 0 Å². The minimum absolute atomic E-state index is 0.0748. The highest BCUT2D eigenvalue weighted by molar-refractivity contribution is 7.71. The molecule has 1 aromatic heterocycles. The summed E-state index contributed by atoms with van der Waals surface area (Å²) in [4.78, 5) is 3.27. The van der Waals surface area contributed by atoms with Gasteiger partial charge < -0.3 is 9.55 Å². The number of fused-ring (bicyclic) bond motifs is 1. The van der Waals surface area contributed by atoms with E-state index in [4.69, 9.17) is 12.2 Å². The van der Waals surface area contributed by atoms with Crippen molar-refractivity contribution in [3.63, 3.8) is 0 Å². The van der Waals surface area contributed by atoms with Crippen LogP contribution in [0.4, 0.5) is 0 Å². The van der Waals surface area contributed by atoms with E-state index in [0.29, 0.717) is 0 Å². The van der Waals surface area contributed by atoms with Gasteiger partial charge in [-0.1, -0.05) is 25.5 Å². The summed E-state index contributed by atoms with van der Waals surface area (Å²) in [7, 11) is 0. The largest absolute Gasteiger partial charge is 0.331 e. The van der Waals surface area contributed by atoms with Gasteiger partial charge in [-0.3, -0.25) is 0 Å². The van der Waals surface area contributed by atoms with Crippen LogP contribution in [0.3, 0.4) is 0 Å². The van der Waals surface area contributed by atoms with Crippen LogP contribution in [-0.2, 0) is 5.54 Å². The predicted molar refractivity (Wildman–Crippen MR) is 71.4 cm³/mol. The third kappa shape index (κ3) is 1.80. The number of imidazole rings is 1. The number of hydrogen-bond donors (Lipinski definition) is 1. The average Bonchev–Trinajstić information content (AvgIpc) is 2.53. The molecule has 3 heteroatoms. The van der Waals surface area contributed by atoms with Crippen molar-refractivity contribution in [2.75, 3.05) is 0 Å². The van der Waals surface area contributed by atoms with Crippen molar-refractivity contribution in [2.45, 2.75) is 39.2 Å². The Hall–Kier alpha value is -1.09. The monoisotopic (exact) mass is 234 g/mol. The van der Waals surface area contributed by atoms with E-state index in [1.807, 2.05) is 6.07 Å². The molecule has 0 aliphatic heterocycles. The quantitative estimate of drug-likeness (QED) is 0.788. The van der Waals surface area contributed by atoms with Gasteiger partial charge in [0.05, 0.1) is 11.0 Å². The number of benzene rings is 1. The lowest BCUT2D eigenvalue weighted by Gasteiger charge is -2.27. The van der Waals surface area contributed by atoms with Gasteiger partial charge in [0.2, 0.25) is 0 Å². The topological polar surface area (TPSA) is 20.7 Å². The van der Waals surface area contributed by atoms with Crippen LogP contribution in [0.2, 0.25) is 0 Å². The first-order valence-corrected chi connectivity index (χ1v) is 6.17. The minimum Gasteiger partial charge on any atom is -0.331 e. The first-order valence-electron chi connectivity index (χ1n) is 5.76. The van der Waals surface area contributed by atoms with Crippen LogP contribution in [0.15, 0.2) is 24.3 Å². The van der Waals surface area contributed by atoms with Crippen LogP contribution in [0, 0.1) is 4.77 Å². The molecule has 0 spiro atoms. The molecule has 0 aliphatic rings. The summed E-state index contributed by atoms with van der Waals surface area (Å²) in [5, 5.41) is 0. The molecule has 86 valence electrons. The lowest BCUT2D eigenvalue weighted by Crippen LogP contribution is -2.25. The molecule has 0 saturated heterocycles. The maximum atomic E-state index is 5.42. The second-order valence-electron chi connectivity index (χ2n) is 4.85.